The first-order valence-electron chi connectivity index (χ1n) is 8.46. The molecule has 142 valence electrons. The highest BCUT2D eigenvalue weighted by molar-refractivity contribution is 7.89. The molecule has 0 fully saturated rings. The van der Waals surface area contributed by atoms with Crippen LogP contribution in [0.15, 0.2) is 53.6 Å². The molecule has 1 N–H and O–H groups in total. The molecule has 0 saturated carbocycles. The Kier molecular flexibility index (Phi) is 5.52. The molecule has 8 nitrogen and oxygen atoms in total. The Labute approximate surface area is 157 Å². The first-order valence-corrected chi connectivity index (χ1v) is 9.90. The highest BCUT2D eigenvalue weighted by Crippen LogP contribution is 2.14. The van der Waals surface area contributed by atoms with Gasteiger partial charge in [-0.05, 0) is 31.2 Å². The summed E-state index contributed by atoms with van der Waals surface area (Å²) in [5.41, 5.74) is 1.71. The first kappa shape index (κ1) is 19.0. The second-order valence-corrected chi connectivity index (χ2v) is 8.26. The number of aryl methyl sites for hydroxylation is 1. The van der Waals surface area contributed by atoms with Gasteiger partial charge in [-0.3, -0.25) is 9.20 Å². The van der Waals surface area contributed by atoms with E-state index in [-0.39, 0.29) is 17.3 Å². The zero-order valence-electron chi connectivity index (χ0n) is 15.2. The molecule has 2 aromatic heterocycles. The summed E-state index contributed by atoms with van der Waals surface area (Å²) in [6, 6.07) is 12.1. The van der Waals surface area contributed by atoms with Crippen LogP contribution in [0.5, 0.6) is 0 Å². The van der Waals surface area contributed by atoms with Gasteiger partial charge in [0.25, 0.3) is 0 Å². The van der Waals surface area contributed by atoms with Gasteiger partial charge in [-0.25, -0.2) is 8.42 Å². The molecule has 0 unspecified atom stereocenters. The summed E-state index contributed by atoms with van der Waals surface area (Å²) in [7, 11) is -2.31. The van der Waals surface area contributed by atoms with Gasteiger partial charge in [0.15, 0.2) is 5.65 Å². The fourth-order valence-corrected chi connectivity index (χ4v) is 3.74. The van der Waals surface area contributed by atoms with Crippen LogP contribution in [0.1, 0.15) is 11.4 Å². The number of nitrogens with zero attached hydrogens (tertiary/aromatic N) is 4. The van der Waals surface area contributed by atoms with Crippen molar-refractivity contribution in [2.24, 2.45) is 0 Å². The molecule has 2 heterocycles. The summed E-state index contributed by atoms with van der Waals surface area (Å²) in [5.74, 6) is 0.355. The molecule has 0 bridgehead atoms. The van der Waals surface area contributed by atoms with E-state index >= 15 is 0 Å². The van der Waals surface area contributed by atoms with Crippen LogP contribution in [0.4, 0.5) is 0 Å². The first-order chi connectivity index (χ1) is 12.9. The van der Waals surface area contributed by atoms with Crippen molar-refractivity contribution >= 4 is 21.6 Å². The van der Waals surface area contributed by atoms with Gasteiger partial charge >= 0.3 is 0 Å². The Morgan fingerprint density at radius 3 is 2.63 bits per heavy atom. The molecule has 1 amide bonds. The third-order valence-corrected chi connectivity index (χ3v) is 5.97. The van der Waals surface area contributed by atoms with Crippen molar-refractivity contribution < 1.29 is 13.2 Å². The summed E-state index contributed by atoms with van der Waals surface area (Å²) in [6.45, 7) is 1.97. The summed E-state index contributed by atoms with van der Waals surface area (Å²) in [6.07, 6.45) is 2.35. The molecule has 0 spiro atoms. The molecule has 0 aliphatic rings. The molecule has 0 radical (unpaired) electrons. The van der Waals surface area contributed by atoms with E-state index in [4.69, 9.17) is 0 Å². The second-order valence-electron chi connectivity index (χ2n) is 6.22. The van der Waals surface area contributed by atoms with Crippen molar-refractivity contribution in [3.8, 4) is 0 Å². The molecule has 0 saturated heterocycles. The summed E-state index contributed by atoms with van der Waals surface area (Å²) in [5, 5.41) is 10.9. The lowest BCUT2D eigenvalue weighted by atomic mass is 10.2. The second kappa shape index (κ2) is 7.85. The number of pyridine rings is 1. The van der Waals surface area contributed by atoms with E-state index in [0.717, 1.165) is 21.3 Å². The van der Waals surface area contributed by atoms with Gasteiger partial charge in [0.1, 0.15) is 5.82 Å². The van der Waals surface area contributed by atoms with E-state index in [1.807, 2.05) is 35.7 Å². The summed E-state index contributed by atoms with van der Waals surface area (Å²) < 4.78 is 27.9. The van der Waals surface area contributed by atoms with Crippen LogP contribution in [-0.4, -0.2) is 53.4 Å². The maximum atomic E-state index is 12.5. The number of likely N-dealkylation sites (N-methyl/N-ethyl adjacent to an activating group) is 1. The van der Waals surface area contributed by atoms with Crippen LogP contribution in [0.25, 0.3) is 5.65 Å². The fourth-order valence-electron chi connectivity index (χ4n) is 2.61. The van der Waals surface area contributed by atoms with Gasteiger partial charge in [-0.15, -0.1) is 10.2 Å². The Morgan fingerprint density at radius 2 is 1.89 bits per heavy atom. The highest BCUT2D eigenvalue weighted by atomic mass is 32.2. The van der Waals surface area contributed by atoms with Crippen molar-refractivity contribution in [3.05, 3.63) is 60.0 Å². The third kappa shape index (κ3) is 4.32. The average Bonchev–Trinajstić information content (AvgIpc) is 3.05. The molecular weight excluding hydrogens is 366 g/mol. The van der Waals surface area contributed by atoms with E-state index in [0.29, 0.717) is 13.0 Å². The minimum Gasteiger partial charge on any atom is -0.355 e. The Balaban J connectivity index is 1.55. The van der Waals surface area contributed by atoms with Gasteiger partial charge in [-0.1, -0.05) is 23.8 Å². The molecule has 27 heavy (non-hydrogen) atoms. The number of benzene rings is 1. The molecule has 3 rings (SSSR count). The largest absolute Gasteiger partial charge is 0.355 e. The SMILES string of the molecule is Cc1ccc(S(=O)(=O)N(C)CC(=O)NCCc2nnc3ccccn23)cc1. The molecule has 9 heteroatoms. The number of carbonyl (C=O) groups is 1. The van der Waals surface area contributed by atoms with E-state index < -0.39 is 10.0 Å². The maximum absolute atomic E-state index is 12.5. The number of nitrogens with one attached hydrogen (secondary N) is 1. The molecule has 0 aliphatic heterocycles. The van der Waals surface area contributed by atoms with Crippen molar-refractivity contribution in [1.29, 1.82) is 0 Å². The van der Waals surface area contributed by atoms with E-state index in [1.165, 1.54) is 19.2 Å². The quantitative estimate of drug-likeness (QED) is 0.653. The fraction of sp³-hybridized carbons (Fsp3) is 0.278. The number of sulfonamides is 1. The summed E-state index contributed by atoms with van der Waals surface area (Å²) in [4.78, 5) is 12.3. The predicted octanol–water partition coefficient (Wildman–Crippen LogP) is 1.02. The van der Waals surface area contributed by atoms with Crippen LogP contribution >= 0.6 is 0 Å². The number of hydrogen-bond donors (Lipinski definition) is 1. The van der Waals surface area contributed by atoms with Crippen LogP contribution < -0.4 is 5.32 Å². The highest BCUT2D eigenvalue weighted by Gasteiger charge is 2.22. The van der Waals surface area contributed by atoms with E-state index in [1.54, 1.807) is 12.1 Å². The van der Waals surface area contributed by atoms with Crippen LogP contribution in [0, 0.1) is 6.92 Å². The van der Waals surface area contributed by atoms with Crippen LogP contribution in [-0.2, 0) is 21.2 Å². The van der Waals surface area contributed by atoms with Crippen molar-refractivity contribution in [2.45, 2.75) is 18.2 Å². The standard InChI is InChI=1S/C18H21N5O3S/c1-14-6-8-15(9-7-14)27(25,26)22(2)13-18(24)19-11-10-17-21-20-16-5-3-4-12-23(16)17/h3-9,12H,10-11,13H2,1-2H3,(H,19,24). The monoisotopic (exact) mass is 387 g/mol. The molecule has 0 aliphatic carbocycles. The molecule has 0 atom stereocenters. The molecule has 3 aromatic rings. The van der Waals surface area contributed by atoms with Crippen molar-refractivity contribution in [1.82, 2.24) is 24.2 Å². The lowest BCUT2D eigenvalue weighted by Crippen LogP contribution is -2.39. The van der Waals surface area contributed by atoms with Crippen molar-refractivity contribution in [2.75, 3.05) is 20.1 Å². The number of carbonyl (C=O) groups excluding carboxylic acids is 1. The molecular formula is C18H21N5O3S. The van der Waals surface area contributed by atoms with Crippen molar-refractivity contribution in [3.63, 3.8) is 0 Å². The zero-order valence-corrected chi connectivity index (χ0v) is 16.0. The number of fused-ring (bicyclic) bond motifs is 1. The topological polar surface area (TPSA) is 96.7 Å². The number of rotatable bonds is 7. The minimum atomic E-state index is -3.70. The number of amides is 1. The Morgan fingerprint density at radius 1 is 1.15 bits per heavy atom. The zero-order chi connectivity index (χ0) is 19.4. The lowest BCUT2D eigenvalue weighted by Gasteiger charge is -2.17. The lowest BCUT2D eigenvalue weighted by molar-refractivity contribution is -0.121. The van der Waals surface area contributed by atoms with Gasteiger partial charge in [-0.2, -0.15) is 4.31 Å². The smallest absolute Gasteiger partial charge is 0.243 e. The van der Waals surface area contributed by atoms with Gasteiger partial charge in [0.05, 0.1) is 11.4 Å². The van der Waals surface area contributed by atoms with Crippen LogP contribution in [0.2, 0.25) is 0 Å². The van der Waals surface area contributed by atoms with E-state index in [9.17, 15) is 13.2 Å². The average molecular weight is 387 g/mol. The van der Waals surface area contributed by atoms with Crippen LogP contribution in [0.3, 0.4) is 0 Å². The van der Waals surface area contributed by atoms with Gasteiger partial charge < -0.3 is 5.32 Å². The normalized spacial score (nSPS) is 11.8. The maximum Gasteiger partial charge on any atom is 0.243 e. The number of aromatic nitrogens is 3. The third-order valence-electron chi connectivity index (χ3n) is 4.15. The van der Waals surface area contributed by atoms with Gasteiger partial charge in [0.2, 0.25) is 15.9 Å². The van der Waals surface area contributed by atoms with E-state index in [2.05, 4.69) is 15.5 Å². The predicted molar refractivity (Wildman–Crippen MR) is 101 cm³/mol. The summed E-state index contributed by atoms with van der Waals surface area (Å²) >= 11 is 0. The minimum absolute atomic E-state index is 0.165. The Hall–Kier alpha value is -2.78. The van der Waals surface area contributed by atoms with Gasteiger partial charge in [0, 0.05) is 26.2 Å². The number of hydrogen-bond acceptors (Lipinski definition) is 5. The molecule has 1 aromatic carbocycles. The Bertz CT molecular complexity index is 1040.